The Morgan fingerprint density at radius 1 is 1.23 bits per heavy atom. The van der Waals surface area contributed by atoms with Crippen LogP contribution in [0, 0.1) is 0 Å². The summed E-state index contributed by atoms with van der Waals surface area (Å²) in [6.45, 7) is 0. The second kappa shape index (κ2) is 3.76. The highest BCUT2D eigenvalue weighted by atomic mass is 79.9. The molecule has 13 heavy (non-hydrogen) atoms. The topological polar surface area (TPSA) is 12.9 Å². The van der Waals surface area contributed by atoms with Crippen LogP contribution in [0.25, 0.3) is 10.9 Å². The molecule has 0 aliphatic carbocycles. The summed E-state index contributed by atoms with van der Waals surface area (Å²) in [7, 11) is 0. The molecule has 0 amide bonds. The van der Waals surface area contributed by atoms with Crippen molar-refractivity contribution >= 4 is 42.8 Å². The molecular formula is C10H7Br2N. The fourth-order valence-corrected chi connectivity index (χ4v) is 1.91. The van der Waals surface area contributed by atoms with Crippen LogP contribution in [-0.2, 0) is 5.33 Å². The van der Waals surface area contributed by atoms with E-state index >= 15 is 0 Å². The third-order valence-corrected chi connectivity index (χ3v) is 2.99. The lowest BCUT2D eigenvalue weighted by Gasteiger charge is -1.99. The molecule has 0 bridgehead atoms. The summed E-state index contributed by atoms with van der Waals surface area (Å²) in [6.07, 6.45) is 1.89. The second-order valence-electron chi connectivity index (χ2n) is 2.81. The molecule has 1 heterocycles. The summed E-state index contributed by atoms with van der Waals surface area (Å²) >= 11 is 6.85. The highest BCUT2D eigenvalue weighted by Crippen LogP contribution is 2.19. The van der Waals surface area contributed by atoms with Gasteiger partial charge in [0.15, 0.2) is 0 Å². The SMILES string of the molecule is BrCc1cnc2ccc(Br)cc2c1. The fourth-order valence-electron chi connectivity index (χ4n) is 1.22. The number of aromatic nitrogens is 1. The highest BCUT2D eigenvalue weighted by Gasteiger charge is 1.97. The lowest BCUT2D eigenvalue weighted by atomic mass is 10.2. The van der Waals surface area contributed by atoms with Gasteiger partial charge in [-0.2, -0.15) is 0 Å². The average Bonchev–Trinajstić information content (AvgIpc) is 2.16. The Bertz CT molecular complexity index is 440. The molecule has 0 atom stereocenters. The van der Waals surface area contributed by atoms with E-state index in [9.17, 15) is 0 Å². The van der Waals surface area contributed by atoms with Gasteiger partial charge < -0.3 is 0 Å². The number of pyridine rings is 1. The van der Waals surface area contributed by atoms with Gasteiger partial charge in [0.05, 0.1) is 5.52 Å². The predicted octanol–water partition coefficient (Wildman–Crippen LogP) is 3.89. The van der Waals surface area contributed by atoms with Gasteiger partial charge in [-0.3, -0.25) is 4.98 Å². The van der Waals surface area contributed by atoms with Gasteiger partial charge >= 0.3 is 0 Å². The van der Waals surface area contributed by atoms with Gasteiger partial charge in [-0.15, -0.1) is 0 Å². The first-order valence-corrected chi connectivity index (χ1v) is 5.81. The van der Waals surface area contributed by atoms with Crippen molar-refractivity contribution in [3.05, 3.63) is 40.5 Å². The molecule has 1 aromatic heterocycles. The Hall–Kier alpha value is -0.410. The van der Waals surface area contributed by atoms with E-state index in [4.69, 9.17) is 0 Å². The van der Waals surface area contributed by atoms with Gasteiger partial charge in [-0.1, -0.05) is 31.9 Å². The molecule has 0 aliphatic heterocycles. The first kappa shape index (κ1) is 9.16. The van der Waals surface area contributed by atoms with Crippen molar-refractivity contribution in [2.24, 2.45) is 0 Å². The van der Waals surface area contributed by atoms with Gasteiger partial charge in [0.1, 0.15) is 0 Å². The van der Waals surface area contributed by atoms with E-state index in [1.54, 1.807) is 0 Å². The first-order chi connectivity index (χ1) is 6.29. The van der Waals surface area contributed by atoms with Crippen molar-refractivity contribution in [1.29, 1.82) is 0 Å². The Morgan fingerprint density at radius 3 is 2.85 bits per heavy atom. The number of alkyl halides is 1. The molecule has 0 radical (unpaired) electrons. The van der Waals surface area contributed by atoms with Gasteiger partial charge in [-0.05, 0) is 29.8 Å². The molecular weight excluding hydrogens is 294 g/mol. The lowest BCUT2D eigenvalue weighted by molar-refractivity contribution is 1.32. The van der Waals surface area contributed by atoms with Crippen LogP contribution in [0.15, 0.2) is 34.9 Å². The van der Waals surface area contributed by atoms with E-state index in [1.807, 2.05) is 18.3 Å². The number of rotatable bonds is 1. The first-order valence-electron chi connectivity index (χ1n) is 3.90. The third-order valence-electron chi connectivity index (χ3n) is 1.85. The maximum atomic E-state index is 4.34. The van der Waals surface area contributed by atoms with Crippen molar-refractivity contribution in [1.82, 2.24) is 4.98 Å². The molecule has 2 rings (SSSR count). The van der Waals surface area contributed by atoms with Crippen LogP contribution in [0.4, 0.5) is 0 Å². The second-order valence-corrected chi connectivity index (χ2v) is 4.29. The zero-order chi connectivity index (χ0) is 9.26. The number of nitrogens with zero attached hydrogens (tertiary/aromatic N) is 1. The summed E-state index contributed by atoms with van der Waals surface area (Å²) in [6, 6.07) is 8.23. The Balaban J connectivity index is 2.68. The van der Waals surface area contributed by atoms with Gasteiger partial charge in [0.25, 0.3) is 0 Å². The average molecular weight is 301 g/mol. The molecule has 1 aromatic carbocycles. The van der Waals surface area contributed by atoms with Crippen LogP contribution in [0.2, 0.25) is 0 Å². The fraction of sp³-hybridized carbons (Fsp3) is 0.100. The van der Waals surface area contributed by atoms with Crippen LogP contribution in [0.3, 0.4) is 0 Å². The van der Waals surface area contributed by atoms with Crippen LogP contribution >= 0.6 is 31.9 Å². The highest BCUT2D eigenvalue weighted by molar-refractivity contribution is 9.10. The van der Waals surface area contributed by atoms with Crippen molar-refractivity contribution in [3.8, 4) is 0 Å². The van der Waals surface area contributed by atoms with Gasteiger partial charge in [0.2, 0.25) is 0 Å². The normalized spacial score (nSPS) is 10.6. The standard InChI is InChI=1S/C10H7Br2N/c11-5-7-3-8-4-9(12)1-2-10(8)13-6-7/h1-4,6H,5H2. The van der Waals surface area contributed by atoms with Crippen molar-refractivity contribution < 1.29 is 0 Å². The molecule has 0 N–H and O–H groups in total. The quantitative estimate of drug-likeness (QED) is 0.728. The van der Waals surface area contributed by atoms with E-state index in [0.717, 1.165) is 15.3 Å². The summed E-state index contributed by atoms with van der Waals surface area (Å²) in [5.41, 5.74) is 2.23. The monoisotopic (exact) mass is 299 g/mol. The van der Waals surface area contributed by atoms with E-state index in [1.165, 1.54) is 10.9 Å². The molecule has 2 aromatic rings. The Kier molecular flexibility index (Phi) is 2.65. The maximum absolute atomic E-state index is 4.34. The van der Waals surface area contributed by atoms with Crippen LogP contribution < -0.4 is 0 Å². The van der Waals surface area contributed by atoms with Crippen LogP contribution in [0.5, 0.6) is 0 Å². The summed E-state index contributed by atoms with van der Waals surface area (Å²) in [4.78, 5) is 4.34. The Morgan fingerprint density at radius 2 is 2.08 bits per heavy atom. The largest absolute Gasteiger partial charge is 0.256 e. The smallest absolute Gasteiger partial charge is 0.0702 e. The minimum absolute atomic E-state index is 0.850. The zero-order valence-corrected chi connectivity index (χ0v) is 9.97. The molecule has 66 valence electrons. The molecule has 0 fully saturated rings. The minimum Gasteiger partial charge on any atom is -0.256 e. The van der Waals surface area contributed by atoms with Gasteiger partial charge in [-0.25, -0.2) is 0 Å². The van der Waals surface area contributed by atoms with Crippen LogP contribution in [-0.4, -0.2) is 4.98 Å². The van der Waals surface area contributed by atoms with Crippen LogP contribution in [0.1, 0.15) is 5.56 Å². The molecule has 1 nitrogen and oxygen atoms in total. The maximum Gasteiger partial charge on any atom is 0.0702 e. The van der Waals surface area contributed by atoms with E-state index in [0.29, 0.717) is 0 Å². The van der Waals surface area contributed by atoms with E-state index in [2.05, 4.69) is 49.0 Å². The lowest BCUT2D eigenvalue weighted by Crippen LogP contribution is -1.82. The third kappa shape index (κ3) is 1.92. The molecule has 0 saturated carbocycles. The predicted molar refractivity (Wildman–Crippen MR) is 62.1 cm³/mol. The van der Waals surface area contributed by atoms with E-state index < -0.39 is 0 Å². The van der Waals surface area contributed by atoms with E-state index in [-0.39, 0.29) is 0 Å². The number of halogens is 2. The number of hydrogen-bond donors (Lipinski definition) is 0. The molecule has 3 heteroatoms. The molecule has 0 aliphatic rings. The van der Waals surface area contributed by atoms with Crippen molar-refractivity contribution in [2.45, 2.75) is 5.33 Å². The number of benzene rings is 1. The Labute approximate surface area is 93.4 Å². The molecule has 0 spiro atoms. The number of hydrogen-bond acceptors (Lipinski definition) is 1. The van der Waals surface area contributed by atoms with Crippen molar-refractivity contribution in [3.63, 3.8) is 0 Å². The summed E-state index contributed by atoms with van der Waals surface area (Å²) in [5.74, 6) is 0. The number of fused-ring (bicyclic) bond motifs is 1. The molecule has 0 saturated heterocycles. The zero-order valence-electron chi connectivity index (χ0n) is 6.80. The minimum atomic E-state index is 0.850. The van der Waals surface area contributed by atoms with Crippen molar-refractivity contribution in [2.75, 3.05) is 0 Å². The summed E-state index contributed by atoms with van der Waals surface area (Å²) < 4.78 is 1.09. The summed E-state index contributed by atoms with van der Waals surface area (Å²) in [5, 5.41) is 2.02. The van der Waals surface area contributed by atoms with Gasteiger partial charge in [0, 0.05) is 21.4 Å². The molecule has 0 unspecified atom stereocenters.